The Morgan fingerprint density at radius 2 is 2.08 bits per heavy atom. The molecule has 0 radical (unpaired) electrons. The summed E-state index contributed by atoms with van der Waals surface area (Å²) in [5.74, 6) is 0. The van der Waals surface area contributed by atoms with E-state index in [9.17, 15) is 18.5 Å². The first-order valence-electron chi connectivity index (χ1n) is 6.86. The van der Waals surface area contributed by atoms with Crippen LogP contribution >= 0.6 is 22.9 Å². The Kier molecular flexibility index (Phi) is 5.76. The number of nitro groups is 1. The molecule has 0 aliphatic carbocycles. The maximum Gasteiger partial charge on any atom is 0.270 e. The number of non-ortho nitro benzene ring substituents is 1. The second-order valence-electron chi connectivity index (χ2n) is 5.00. The lowest BCUT2D eigenvalue weighted by Gasteiger charge is -2.21. The predicted molar refractivity (Wildman–Crippen MR) is 95.0 cm³/mol. The van der Waals surface area contributed by atoms with Crippen molar-refractivity contribution in [2.24, 2.45) is 0 Å². The van der Waals surface area contributed by atoms with Crippen LogP contribution < -0.4 is 0 Å². The van der Waals surface area contributed by atoms with Crippen molar-refractivity contribution >= 4 is 38.6 Å². The Morgan fingerprint density at radius 3 is 2.62 bits per heavy atom. The fraction of sp³-hybridized carbons (Fsp3) is 0.200. The van der Waals surface area contributed by atoms with Crippen molar-refractivity contribution in [2.75, 3.05) is 6.54 Å². The zero-order valence-electron chi connectivity index (χ0n) is 12.8. The van der Waals surface area contributed by atoms with E-state index in [1.165, 1.54) is 33.9 Å². The molecule has 0 saturated heterocycles. The number of thiophene rings is 1. The average Bonchev–Trinajstić information content (AvgIpc) is 2.92. The van der Waals surface area contributed by atoms with Gasteiger partial charge in [0, 0.05) is 30.1 Å². The standard InChI is InChI=1S/C15H15ClN2O4S2/c1-3-8-17(10-13-6-7-15(16)23-13)24(21,22)14-9-12(18(19)20)5-4-11(14)2/h3-7,9H,1,8,10H2,2H3. The van der Waals surface area contributed by atoms with Crippen LogP contribution in [0.25, 0.3) is 0 Å². The van der Waals surface area contributed by atoms with Crippen molar-refractivity contribution in [3.63, 3.8) is 0 Å². The van der Waals surface area contributed by atoms with Gasteiger partial charge in [-0.25, -0.2) is 8.42 Å². The molecule has 6 nitrogen and oxygen atoms in total. The summed E-state index contributed by atoms with van der Waals surface area (Å²) in [6.07, 6.45) is 1.47. The molecule has 0 amide bonds. The number of nitro benzene ring substituents is 1. The first kappa shape index (κ1) is 18.6. The van der Waals surface area contributed by atoms with Gasteiger partial charge >= 0.3 is 0 Å². The lowest BCUT2D eigenvalue weighted by molar-refractivity contribution is -0.385. The number of hydrogen-bond donors (Lipinski definition) is 0. The van der Waals surface area contributed by atoms with Crippen LogP contribution in [-0.2, 0) is 16.6 Å². The second kappa shape index (κ2) is 7.43. The minimum atomic E-state index is -3.92. The molecule has 0 N–H and O–H groups in total. The van der Waals surface area contributed by atoms with Crippen molar-refractivity contribution in [2.45, 2.75) is 18.4 Å². The lowest BCUT2D eigenvalue weighted by atomic mass is 10.2. The molecule has 9 heteroatoms. The van der Waals surface area contributed by atoms with Gasteiger partial charge in [-0.2, -0.15) is 4.31 Å². The molecule has 0 saturated carbocycles. The Bertz CT molecular complexity index is 877. The van der Waals surface area contributed by atoms with Crippen molar-refractivity contribution in [3.05, 3.63) is 67.9 Å². The highest BCUT2D eigenvalue weighted by Gasteiger charge is 2.27. The molecule has 2 aromatic rings. The predicted octanol–water partition coefficient (Wildman–Crippen LogP) is 4.00. The molecule has 0 aliphatic rings. The Labute approximate surface area is 149 Å². The van der Waals surface area contributed by atoms with E-state index in [4.69, 9.17) is 11.6 Å². The number of halogens is 1. The number of benzene rings is 1. The van der Waals surface area contributed by atoms with Gasteiger partial charge in [-0.05, 0) is 24.6 Å². The quantitative estimate of drug-likeness (QED) is 0.409. The van der Waals surface area contributed by atoms with E-state index in [1.807, 2.05) is 0 Å². The third kappa shape index (κ3) is 4.02. The summed E-state index contributed by atoms with van der Waals surface area (Å²) in [5, 5.41) is 10.9. The molecule has 0 bridgehead atoms. The number of sulfonamides is 1. The van der Waals surface area contributed by atoms with Crippen molar-refractivity contribution < 1.29 is 13.3 Å². The highest BCUT2D eigenvalue weighted by molar-refractivity contribution is 7.89. The molecule has 0 atom stereocenters. The topological polar surface area (TPSA) is 80.5 Å². The summed E-state index contributed by atoms with van der Waals surface area (Å²) in [7, 11) is -3.92. The van der Waals surface area contributed by atoms with E-state index in [1.54, 1.807) is 19.1 Å². The van der Waals surface area contributed by atoms with Crippen LogP contribution in [0.15, 0.2) is 47.9 Å². The van der Waals surface area contributed by atoms with Gasteiger partial charge in [-0.3, -0.25) is 10.1 Å². The molecule has 0 aliphatic heterocycles. The molecule has 128 valence electrons. The SMILES string of the molecule is C=CCN(Cc1ccc(Cl)s1)S(=O)(=O)c1cc([N+](=O)[O-])ccc1C. The van der Waals surface area contributed by atoms with Gasteiger partial charge in [0.2, 0.25) is 10.0 Å². The van der Waals surface area contributed by atoms with Crippen molar-refractivity contribution in [1.29, 1.82) is 0 Å². The van der Waals surface area contributed by atoms with Gasteiger partial charge in [0.05, 0.1) is 14.2 Å². The molecule has 0 fully saturated rings. The van der Waals surface area contributed by atoms with Crippen molar-refractivity contribution in [3.8, 4) is 0 Å². The minimum Gasteiger partial charge on any atom is -0.258 e. The highest BCUT2D eigenvalue weighted by atomic mass is 35.5. The summed E-state index contributed by atoms with van der Waals surface area (Å²) >= 11 is 7.17. The first-order chi connectivity index (χ1) is 11.3. The van der Waals surface area contributed by atoms with Gasteiger partial charge in [0.1, 0.15) is 0 Å². The molecule has 1 heterocycles. The fourth-order valence-electron chi connectivity index (χ4n) is 2.12. The molecule has 2 rings (SSSR count). The molecule has 24 heavy (non-hydrogen) atoms. The van der Waals surface area contributed by atoms with E-state index < -0.39 is 14.9 Å². The third-order valence-corrected chi connectivity index (χ3v) is 6.46. The van der Waals surface area contributed by atoms with Crippen molar-refractivity contribution in [1.82, 2.24) is 4.31 Å². The second-order valence-corrected chi connectivity index (χ2v) is 8.70. The van der Waals surface area contributed by atoms with E-state index in [0.29, 0.717) is 9.90 Å². The smallest absolute Gasteiger partial charge is 0.258 e. The van der Waals surface area contributed by atoms with Crippen LogP contribution in [0.3, 0.4) is 0 Å². The molecular weight excluding hydrogens is 372 g/mol. The minimum absolute atomic E-state index is 0.0822. The lowest BCUT2D eigenvalue weighted by Crippen LogP contribution is -2.31. The highest BCUT2D eigenvalue weighted by Crippen LogP contribution is 2.28. The van der Waals surface area contributed by atoms with Gasteiger partial charge < -0.3 is 0 Å². The Morgan fingerprint density at radius 1 is 1.38 bits per heavy atom. The number of rotatable bonds is 7. The first-order valence-corrected chi connectivity index (χ1v) is 9.49. The van der Waals surface area contributed by atoms with Crippen LogP contribution in [0.2, 0.25) is 4.34 Å². The summed E-state index contributed by atoms with van der Waals surface area (Å²) in [6, 6.07) is 7.24. The van der Waals surface area contributed by atoms with E-state index >= 15 is 0 Å². The van der Waals surface area contributed by atoms with Crippen LogP contribution in [0.1, 0.15) is 10.4 Å². The van der Waals surface area contributed by atoms with Gasteiger partial charge in [0.25, 0.3) is 5.69 Å². The number of aryl methyl sites for hydroxylation is 1. The Balaban J connectivity index is 2.46. The molecule has 0 unspecified atom stereocenters. The van der Waals surface area contributed by atoms with Gasteiger partial charge in [-0.1, -0.05) is 23.7 Å². The Hall–Kier alpha value is -1.74. The zero-order chi connectivity index (χ0) is 17.9. The van der Waals surface area contributed by atoms with E-state index in [0.717, 1.165) is 10.9 Å². The van der Waals surface area contributed by atoms with Gasteiger partial charge in [0.15, 0.2) is 0 Å². The van der Waals surface area contributed by atoms with E-state index in [-0.39, 0.29) is 23.7 Å². The summed E-state index contributed by atoms with van der Waals surface area (Å²) < 4.78 is 27.7. The third-order valence-electron chi connectivity index (χ3n) is 3.29. The maximum absolute atomic E-state index is 13.0. The summed E-state index contributed by atoms with van der Waals surface area (Å²) in [6.45, 7) is 5.39. The van der Waals surface area contributed by atoms with Crippen LogP contribution in [0.5, 0.6) is 0 Å². The van der Waals surface area contributed by atoms with Gasteiger partial charge in [-0.15, -0.1) is 17.9 Å². The van der Waals surface area contributed by atoms with Crippen LogP contribution in [-0.4, -0.2) is 24.2 Å². The molecule has 1 aromatic carbocycles. The normalized spacial score (nSPS) is 11.6. The fourth-order valence-corrected chi connectivity index (χ4v) is 4.94. The molecule has 0 spiro atoms. The zero-order valence-corrected chi connectivity index (χ0v) is 15.2. The maximum atomic E-state index is 13.0. The van der Waals surface area contributed by atoms with Crippen LogP contribution in [0, 0.1) is 17.0 Å². The van der Waals surface area contributed by atoms with Crippen LogP contribution in [0.4, 0.5) is 5.69 Å². The number of nitrogens with zero attached hydrogens (tertiary/aromatic N) is 2. The molecule has 1 aromatic heterocycles. The number of hydrogen-bond acceptors (Lipinski definition) is 5. The monoisotopic (exact) mass is 386 g/mol. The average molecular weight is 387 g/mol. The largest absolute Gasteiger partial charge is 0.270 e. The molecular formula is C15H15ClN2O4S2. The summed E-state index contributed by atoms with van der Waals surface area (Å²) in [4.78, 5) is 11.0. The summed E-state index contributed by atoms with van der Waals surface area (Å²) in [5.41, 5.74) is 0.177. The van der Waals surface area contributed by atoms with E-state index in [2.05, 4.69) is 6.58 Å².